The molecule has 1 aliphatic heterocycles. The van der Waals surface area contributed by atoms with Gasteiger partial charge in [-0.1, -0.05) is 13.8 Å². The van der Waals surface area contributed by atoms with E-state index >= 15 is 0 Å². The van der Waals surface area contributed by atoms with Gasteiger partial charge in [-0.3, -0.25) is 4.79 Å². The van der Waals surface area contributed by atoms with E-state index in [0.717, 1.165) is 17.6 Å². The number of fused-ring (bicyclic) bond motifs is 1. The summed E-state index contributed by atoms with van der Waals surface area (Å²) < 4.78 is 1.87. The van der Waals surface area contributed by atoms with E-state index in [1.54, 1.807) is 17.3 Å². The second-order valence-corrected chi connectivity index (χ2v) is 6.05. The topological polar surface area (TPSA) is 71.2 Å². The fraction of sp³-hybridized carbons (Fsp3) is 0.533. The molecule has 0 aromatic carbocycles. The lowest BCUT2D eigenvalue weighted by Gasteiger charge is -2.15. The number of hydrogen-bond acceptors (Lipinski definition) is 4. The average molecular weight is 288 g/mol. The van der Waals surface area contributed by atoms with Gasteiger partial charge in [0, 0.05) is 31.2 Å². The summed E-state index contributed by atoms with van der Waals surface area (Å²) in [5.41, 5.74) is 1.36. The number of β-amino-alcohol motifs (C(OH)–C–C–N with tert-alkyl or cyclic N) is 1. The molecule has 0 spiro atoms. The van der Waals surface area contributed by atoms with Crippen molar-refractivity contribution in [1.29, 1.82) is 0 Å². The third kappa shape index (κ3) is 2.76. The van der Waals surface area contributed by atoms with Crippen LogP contribution in [0.5, 0.6) is 0 Å². The number of hydrogen-bond donors (Lipinski definition) is 1. The smallest absolute Gasteiger partial charge is 0.255 e. The van der Waals surface area contributed by atoms with Gasteiger partial charge >= 0.3 is 0 Å². The van der Waals surface area contributed by atoms with Crippen molar-refractivity contribution in [3.05, 3.63) is 24.0 Å². The third-order valence-electron chi connectivity index (χ3n) is 3.71. The van der Waals surface area contributed by atoms with Crippen LogP contribution in [0.3, 0.4) is 0 Å². The minimum absolute atomic E-state index is 0.0717. The van der Waals surface area contributed by atoms with Crippen LogP contribution in [-0.2, 0) is 6.54 Å². The minimum atomic E-state index is -0.403. The van der Waals surface area contributed by atoms with Crippen molar-refractivity contribution in [3.63, 3.8) is 0 Å². The predicted molar refractivity (Wildman–Crippen MR) is 78.9 cm³/mol. The van der Waals surface area contributed by atoms with Gasteiger partial charge in [0.1, 0.15) is 0 Å². The minimum Gasteiger partial charge on any atom is -0.391 e. The summed E-state index contributed by atoms with van der Waals surface area (Å²) in [5, 5.41) is 14.7. The molecule has 6 nitrogen and oxygen atoms in total. The summed E-state index contributed by atoms with van der Waals surface area (Å²) in [5.74, 6) is 0.417. The Labute approximate surface area is 123 Å². The van der Waals surface area contributed by atoms with Crippen molar-refractivity contribution in [3.8, 4) is 0 Å². The Balaban J connectivity index is 1.86. The Morgan fingerprint density at radius 3 is 2.95 bits per heavy atom. The molecule has 1 amide bonds. The predicted octanol–water partition coefficient (Wildman–Crippen LogP) is 1.29. The maximum Gasteiger partial charge on any atom is 0.255 e. The van der Waals surface area contributed by atoms with Gasteiger partial charge in [0.15, 0.2) is 5.65 Å². The summed E-state index contributed by atoms with van der Waals surface area (Å²) in [6.45, 7) is 6.07. The van der Waals surface area contributed by atoms with Crippen LogP contribution in [-0.4, -0.2) is 49.9 Å². The fourth-order valence-corrected chi connectivity index (χ4v) is 2.68. The average Bonchev–Trinajstić information content (AvgIpc) is 3.04. The molecule has 112 valence electrons. The van der Waals surface area contributed by atoms with E-state index in [0.29, 0.717) is 31.0 Å². The standard InChI is InChI=1S/C15H20N4O2/c1-10(2)8-19-14-11(7-17-19)5-12(6-16-14)15(21)18-4-3-13(20)9-18/h5-7,10,13,20H,3-4,8-9H2,1-2H3/t13-/m1/s1. The summed E-state index contributed by atoms with van der Waals surface area (Å²) in [4.78, 5) is 18.4. The van der Waals surface area contributed by atoms with Gasteiger partial charge in [-0.25, -0.2) is 9.67 Å². The highest BCUT2D eigenvalue weighted by atomic mass is 16.3. The molecule has 0 radical (unpaired) electrons. The maximum absolute atomic E-state index is 12.4. The Morgan fingerprint density at radius 1 is 1.48 bits per heavy atom. The van der Waals surface area contributed by atoms with E-state index < -0.39 is 6.10 Å². The number of rotatable bonds is 3. The SMILES string of the molecule is CC(C)Cn1ncc2cc(C(=O)N3CC[C@@H](O)C3)cnc21. The molecule has 2 aromatic heterocycles. The van der Waals surface area contributed by atoms with Crippen molar-refractivity contribution in [1.82, 2.24) is 19.7 Å². The van der Waals surface area contributed by atoms with Gasteiger partial charge < -0.3 is 10.0 Å². The second kappa shape index (κ2) is 5.44. The van der Waals surface area contributed by atoms with Crippen LogP contribution in [0.25, 0.3) is 11.0 Å². The molecule has 1 fully saturated rings. The van der Waals surface area contributed by atoms with Crippen LogP contribution in [0.15, 0.2) is 18.5 Å². The molecule has 21 heavy (non-hydrogen) atoms. The lowest BCUT2D eigenvalue weighted by Crippen LogP contribution is -2.29. The Kier molecular flexibility index (Phi) is 3.63. The van der Waals surface area contributed by atoms with Crippen molar-refractivity contribution < 1.29 is 9.90 Å². The monoisotopic (exact) mass is 288 g/mol. The van der Waals surface area contributed by atoms with Crippen LogP contribution in [0, 0.1) is 5.92 Å². The zero-order valence-electron chi connectivity index (χ0n) is 12.4. The number of pyridine rings is 1. The van der Waals surface area contributed by atoms with Gasteiger partial charge in [0.25, 0.3) is 5.91 Å². The molecule has 1 N–H and O–H groups in total. The Bertz CT molecular complexity index is 665. The molecule has 1 atom stereocenters. The van der Waals surface area contributed by atoms with E-state index in [9.17, 15) is 9.90 Å². The molecular formula is C15H20N4O2. The molecule has 3 rings (SSSR count). The van der Waals surface area contributed by atoms with Crippen molar-refractivity contribution in [2.45, 2.75) is 32.9 Å². The zero-order chi connectivity index (χ0) is 15.0. The van der Waals surface area contributed by atoms with Crippen molar-refractivity contribution in [2.75, 3.05) is 13.1 Å². The van der Waals surface area contributed by atoms with Crippen LogP contribution in [0.2, 0.25) is 0 Å². The molecular weight excluding hydrogens is 268 g/mol. The molecule has 1 saturated heterocycles. The van der Waals surface area contributed by atoms with Gasteiger partial charge in [0.2, 0.25) is 0 Å². The number of amides is 1. The van der Waals surface area contributed by atoms with Gasteiger partial charge in [-0.05, 0) is 18.4 Å². The van der Waals surface area contributed by atoms with Crippen LogP contribution in [0.1, 0.15) is 30.6 Å². The molecule has 1 aliphatic rings. The van der Waals surface area contributed by atoms with E-state index in [1.165, 1.54) is 0 Å². The molecule has 2 aromatic rings. The number of aliphatic hydroxyl groups excluding tert-OH is 1. The highest BCUT2D eigenvalue weighted by Gasteiger charge is 2.25. The maximum atomic E-state index is 12.4. The fourth-order valence-electron chi connectivity index (χ4n) is 2.68. The molecule has 6 heteroatoms. The highest BCUT2D eigenvalue weighted by Crippen LogP contribution is 2.18. The van der Waals surface area contributed by atoms with Gasteiger partial charge in [-0.15, -0.1) is 0 Å². The van der Waals surface area contributed by atoms with E-state index in [-0.39, 0.29) is 5.91 Å². The zero-order valence-corrected chi connectivity index (χ0v) is 12.4. The van der Waals surface area contributed by atoms with Crippen LogP contribution < -0.4 is 0 Å². The summed E-state index contributed by atoms with van der Waals surface area (Å²) >= 11 is 0. The number of aromatic nitrogens is 3. The number of carbonyl (C=O) groups is 1. The van der Waals surface area contributed by atoms with Gasteiger partial charge in [-0.2, -0.15) is 5.10 Å². The van der Waals surface area contributed by atoms with Crippen molar-refractivity contribution in [2.24, 2.45) is 5.92 Å². The van der Waals surface area contributed by atoms with E-state index in [1.807, 2.05) is 10.7 Å². The second-order valence-electron chi connectivity index (χ2n) is 6.05. The third-order valence-corrected chi connectivity index (χ3v) is 3.71. The first kappa shape index (κ1) is 14.0. The number of nitrogens with zero attached hydrogens (tertiary/aromatic N) is 4. The number of likely N-dealkylation sites (tertiary alicyclic amines) is 1. The first-order valence-electron chi connectivity index (χ1n) is 7.33. The summed E-state index contributed by atoms with van der Waals surface area (Å²) in [6, 6.07) is 1.83. The summed E-state index contributed by atoms with van der Waals surface area (Å²) in [7, 11) is 0. The molecule has 0 bridgehead atoms. The Morgan fingerprint density at radius 2 is 2.29 bits per heavy atom. The first-order chi connectivity index (χ1) is 10.0. The lowest BCUT2D eigenvalue weighted by molar-refractivity contribution is 0.0765. The van der Waals surface area contributed by atoms with Crippen LogP contribution in [0.4, 0.5) is 0 Å². The quantitative estimate of drug-likeness (QED) is 0.924. The van der Waals surface area contributed by atoms with Crippen molar-refractivity contribution >= 4 is 16.9 Å². The van der Waals surface area contributed by atoms with E-state index in [4.69, 9.17) is 0 Å². The highest BCUT2D eigenvalue weighted by molar-refractivity contribution is 5.97. The lowest BCUT2D eigenvalue weighted by atomic mass is 10.2. The normalized spacial score (nSPS) is 18.9. The molecule has 0 saturated carbocycles. The first-order valence-corrected chi connectivity index (χ1v) is 7.33. The number of aliphatic hydroxyl groups is 1. The van der Waals surface area contributed by atoms with E-state index in [2.05, 4.69) is 23.9 Å². The summed E-state index contributed by atoms with van der Waals surface area (Å²) in [6.07, 6.45) is 3.60. The van der Waals surface area contributed by atoms with Crippen LogP contribution >= 0.6 is 0 Å². The molecule has 3 heterocycles. The largest absolute Gasteiger partial charge is 0.391 e. The van der Waals surface area contributed by atoms with Gasteiger partial charge in [0.05, 0.1) is 17.9 Å². The number of carbonyl (C=O) groups excluding carboxylic acids is 1. The molecule has 0 unspecified atom stereocenters. The molecule has 0 aliphatic carbocycles. The Hall–Kier alpha value is -1.95.